The molecule has 1 aliphatic heterocycles. The molecule has 0 saturated carbocycles. The minimum absolute atomic E-state index is 0. The Morgan fingerprint density at radius 3 is 2.48 bits per heavy atom. The van der Waals surface area contributed by atoms with Crippen molar-refractivity contribution >= 4 is 30.7 Å². The molecule has 0 spiro atoms. The fraction of sp³-hybridized carbons (Fsp3) is 0.571. The number of aromatic nitrogens is 1. The van der Waals surface area contributed by atoms with Gasteiger partial charge in [0.15, 0.2) is 0 Å². The highest BCUT2D eigenvalue weighted by Crippen LogP contribution is 2.13. The first-order valence-electron chi connectivity index (χ1n) is 6.99. The Morgan fingerprint density at radius 2 is 1.90 bits per heavy atom. The van der Waals surface area contributed by atoms with Crippen LogP contribution in [0.15, 0.2) is 24.5 Å². The molecular weight excluding hydrogens is 311 g/mol. The molecule has 1 saturated heterocycles. The lowest BCUT2D eigenvalue weighted by atomic mass is 10.0. The van der Waals surface area contributed by atoms with Gasteiger partial charge in [-0.3, -0.25) is 20.6 Å². The topological polar surface area (TPSA) is 57.3 Å². The molecule has 7 heteroatoms. The minimum Gasteiger partial charge on any atom is -0.339 e. The molecule has 0 unspecified atom stereocenters. The molecule has 1 aromatic rings. The maximum Gasteiger partial charge on any atom is 0.253 e. The van der Waals surface area contributed by atoms with Crippen molar-refractivity contribution in [3.05, 3.63) is 30.1 Å². The zero-order valence-corrected chi connectivity index (χ0v) is 13.9. The molecule has 0 radical (unpaired) electrons. The Bertz CT molecular complexity index is 397. The number of nitrogens with zero attached hydrogens (tertiary/aromatic N) is 2. The summed E-state index contributed by atoms with van der Waals surface area (Å²) >= 11 is 0. The second-order valence-electron chi connectivity index (χ2n) is 4.87. The highest BCUT2D eigenvalue weighted by Gasteiger charge is 2.23. The lowest BCUT2D eigenvalue weighted by Crippen LogP contribution is -2.49. The summed E-state index contributed by atoms with van der Waals surface area (Å²) in [4.78, 5) is 18.1. The van der Waals surface area contributed by atoms with Gasteiger partial charge in [-0.15, -0.1) is 24.8 Å². The van der Waals surface area contributed by atoms with Crippen LogP contribution >= 0.6 is 24.8 Å². The normalized spacial score (nSPS) is 15.0. The molecule has 2 rings (SSSR count). The number of rotatable bonds is 5. The summed E-state index contributed by atoms with van der Waals surface area (Å²) in [7, 11) is 0. The number of amides is 1. The van der Waals surface area contributed by atoms with E-state index in [0.717, 1.165) is 44.5 Å². The van der Waals surface area contributed by atoms with Crippen LogP contribution in [0.3, 0.4) is 0 Å². The lowest BCUT2D eigenvalue weighted by Gasteiger charge is -2.32. The van der Waals surface area contributed by atoms with Crippen LogP contribution in [0.1, 0.15) is 36.5 Å². The van der Waals surface area contributed by atoms with Gasteiger partial charge in [-0.1, -0.05) is 6.92 Å². The summed E-state index contributed by atoms with van der Waals surface area (Å²) in [5.74, 6) is 0.113. The van der Waals surface area contributed by atoms with Gasteiger partial charge in [0.05, 0.1) is 0 Å². The van der Waals surface area contributed by atoms with Crippen molar-refractivity contribution in [2.24, 2.45) is 0 Å². The fourth-order valence-electron chi connectivity index (χ4n) is 2.25. The number of piperidine rings is 1. The molecule has 2 heterocycles. The van der Waals surface area contributed by atoms with E-state index in [1.54, 1.807) is 24.5 Å². The molecule has 0 bridgehead atoms. The first kappa shape index (κ1) is 20.1. The third-order valence-electron chi connectivity index (χ3n) is 3.39. The van der Waals surface area contributed by atoms with Crippen LogP contribution in [0.5, 0.6) is 0 Å². The first-order valence-corrected chi connectivity index (χ1v) is 6.99. The third kappa shape index (κ3) is 6.18. The van der Waals surface area contributed by atoms with E-state index in [-0.39, 0.29) is 30.7 Å². The number of carbonyl (C=O) groups excluding carboxylic acids is 1. The van der Waals surface area contributed by atoms with Crippen LogP contribution in [0.25, 0.3) is 0 Å². The summed E-state index contributed by atoms with van der Waals surface area (Å²) in [5.41, 5.74) is 7.27. The smallest absolute Gasteiger partial charge is 0.253 e. The van der Waals surface area contributed by atoms with Gasteiger partial charge in [0.2, 0.25) is 0 Å². The maximum absolute atomic E-state index is 12.2. The molecule has 5 nitrogen and oxygen atoms in total. The van der Waals surface area contributed by atoms with E-state index >= 15 is 0 Å². The third-order valence-corrected chi connectivity index (χ3v) is 3.39. The number of carbonyl (C=O) groups is 1. The van der Waals surface area contributed by atoms with Gasteiger partial charge >= 0.3 is 0 Å². The average Bonchev–Trinajstić information content (AvgIpc) is 2.48. The molecule has 0 aromatic carbocycles. The predicted molar refractivity (Wildman–Crippen MR) is 89.1 cm³/mol. The van der Waals surface area contributed by atoms with Crippen LogP contribution in [0, 0.1) is 0 Å². The molecular formula is C14H24Cl2N4O. The zero-order chi connectivity index (χ0) is 13.5. The van der Waals surface area contributed by atoms with Gasteiger partial charge in [-0.2, -0.15) is 0 Å². The first-order chi connectivity index (χ1) is 9.31. The molecule has 1 fully saturated rings. The molecule has 1 aliphatic rings. The predicted octanol–water partition coefficient (Wildman–Crippen LogP) is 2.03. The molecule has 0 aliphatic carbocycles. The molecule has 120 valence electrons. The second-order valence-corrected chi connectivity index (χ2v) is 4.87. The Balaban J connectivity index is 0.00000200. The van der Waals surface area contributed by atoms with E-state index < -0.39 is 0 Å². The van der Waals surface area contributed by atoms with E-state index in [0.29, 0.717) is 6.04 Å². The van der Waals surface area contributed by atoms with Crippen molar-refractivity contribution < 1.29 is 4.79 Å². The summed E-state index contributed by atoms with van der Waals surface area (Å²) in [6, 6.07) is 4.01. The van der Waals surface area contributed by atoms with E-state index in [9.17, 15) is 4.79 Å². The SMILES string of the molecule is CCCNNC1CCN(C(=O)c2ccncc2)CC1.Cl.Cl. The molecule has 2 N–H and O–H groups in total. The Morgan fingerprint density at radius 1 is 1.29 bits per heavy atom. The van der Waals surface area contributed by atoms with Gasteiger partial charge < -0.3 is 4.90 Å². The number of hydrogen-bond acceptors (Lipinski definition) is 4. The number of hydrogen-bond donors (Lipinski definition) is 2. The Kier molecular flexibility index (Phi) is 10.3. The van der Waals surface area contributed by atoms with Gasteiger partial charge in [0, 0.05) is 43.6 Å². The molecule has 1 amide bonds. The number of hydrazine groups is 1. The van der Waals surface area contributed by atoms with Gasteiger partial charge in [-0.25, -0.2) is 0 Å². The highest BCUT2D eigenvalue weighted by molar-refractivity contribution is 5.94. The van der Waals surface area contributed by atoms with Crippen LogP contribution in [0.2, 0.25) is 0 Å². The summed E-state index contributed by atoms with van der Waals surface area (Å²) < 4.78 is 0. The Hall–Kier alpha value is -0.880. The summed E-state index contributed by atoms with van der Waals surface area (Å²) in [6.45, 7) is 4.75. The van der Waals surface area contributed by atoms with Crippen LogP contribution < -0.4 is 10.9 Å². The molecule has 1 aromatic heterocycles. The van der Waals surface area contributed by atoms with Crippen molar-refractivity contribution in [2.45, 2.75) is 32.2 Å². The van der Waals surface area contributed by atoms with Crippen molar-refractivity contribution in [3.63, 3.8) is 0 Å². The summed E-state index contributed by atoms with van der Waals surface area (Å²) in [5, 5.41) is 0. The van der Waals surface area contributed by atoms with Crippen molar-refractivity contribution in [1.29, 1.82) is 0 Å². The standard InChI is InChI=1S/C14H22N4O.2ClH/c1-2-7-16-17-13-5-10-18(11-6-13)14(19)12-3-8-15-9-4-12;;/h3-4,8-9,13,16-17H,2,5-7,10-11H2,1H3;2*1H. The van der Waals surface area contributed by atoms with E-state index in [1.807, 2.05) is 4.90 Å². The van der Waals surface area contributed by atoms with Gasteiger partial charge in [-0.05, 0) is 31.4 Å². The van der Waals surface area contributed by atoms with Gasteiger partial charge in [0.25, 0.3) is 5.91 Å². The average molecular weight is 335 g/mol. The van der Waals surface area contributed by atoms with Crippen molar-refractivity contribution in [1.82, 2.24) is 20.7 Å². The Labute approximate surface area is 138 Å². The summed E-state index contributed by atoms with van der Waals surface area (Å²) in [6.07, 6.45) is 6.43. The number of halogens is 2. The highest BCUT2D eigenvalue weighted by atomic mass is 35.5. The fourth-order valence-corrected chi connectivity index (χ4v) is 2.25. The zero-order valence-electron chi connectivity index (χ0n) is 12.2. The van der Waals surface area contributed by atoms with Crippen LogP contribution in [-0.4, -0.2) is 41.5 Å². The monoisotopic (exact) mass is 334 g/mol. The minimum atomic E-state index is 0. The largest absolute Gasteiger partial charge is 0.339 e. The molecule has 21 heavy (non-hydrogen) atoms. The van der Waals surface area contributed by atoms with Crippen LogP contribution in [0.4, 0.5) is 0 Å². The van der Waals surface area contributed by atoms with Crippen molar-refractivity contribution in [3.8, 4) is 0 Å². The lowest BCUT2D eigenvalue weighted by molar-refractivity contribution is 0.0700. The quantitative estimate of drug-likeness (QED) is 0.639. The second kappa shape index (κ2) is 10.8. The number of pyridine rings is 1. The van der Waals surface area contributed by atoms with E-state index in [2.05, 4.69) is 22.8 Å². The maximum atomic E-state index is 12.2. The van der Waals surface area contributed by atoms with E-state index in [4.69, 9.17) is 0 Å². The molecule has 0 atom stereocenters. The number of nitrogens with one attached hydrogen (secondary N) is 2. The van der Waals surface area contributed by atoms with E-state index in [1.165, 1.54) is 0 Å². The van der Waals surface area contributed by atoms with Gasteiger partial charge in [0.1, 0.15) is 0 Å². The van der Waals surface area contributed by atoms with Crippen LogP contribution in [-0.2, 0) is 0 Å². The van der Waals surface area contributed by atoms with Crippen molar-refractivity contribution in [2.75, 3.05) is 19.6 Å². The number of likely N-dealkylation sites (tertiary alicyclic amines) is 1.